The third kappa shape index (κ3) is 3.32. The zero-order chi connectivity index (χ0) is 16.5. The van der Waals surface area contributed by atoms with Crippen LogP contribution in [0.3, 0.4) is 0 Å². The first-order valence-electron chi connectivity index (χ1n) is 7.58. The molecule has 4 nitrogen and oxygen atoms in total. The quantitative estimate of drug-likeness (QED) is 0.892. The Morgan fingerprint density at radius 3 is 2.59 bits per heavy atom. The van der Waals surface area contributed by atoms with Gasteiger partial charge in [0.05, 0.1) is 19.6 Å². The van der Waals surface area contributed by atoms with E-state index < -0.39 is 11.4 Å². The first-order chi connectivity index (χ1) is 10.2. The van der Waals surface area contributed by atoms with Gasteiger partial charge < -0.3 is 14.6 Å². The topological polar surface area (TPSA) is 55.8 Å². The van der Waals surface area contributed by atoms with Gasteiger partial charge in [-0.2, -0.15) is 0 Å². The van der Waals surface area contributed by atoms with Crippen LogP contribution in [0.25, 0.3) is 0 Å². The van der Waals surface area contributed by atoms with Crippen molar-refractivity contribution in [1.29, 1.82) is 0 Å². The average molecular weight is 327 g/mol. The maximum atomic E-state index is 11.2. The summed E-state index contributed by atoms with van der Waals surface area (Å²) in [6.07, 6.45) is 0.823. The molecule has 1 aliphatic heterocycles. The monoisotopic (exact) mass is 326 g/mol. The number of rotatable bonds is 4. The molecule has 1 heterocycles. The Balaban J connectivity index is 2.67. The number of fused-ring (bicyclic) bond motifs is 1. The molecule has 0 atom stereocenters. The molecule has 22 heavy (non-hydrogen) atoms. The van der Waals surface area contributed by atoms with E-state index in [1.165, 1.54) is 0 Å². The number of carboxylic acid groups (broad SMARTS) is 1. The van der Waals surface area contributed by atoms with Gasteiger partial charge in [0.15, 0.2) is 11.5 Å². The predicted octanol–water partition coefficient (Wildman–Crippen LogP) is 4.38. The normalized spacial score (nSPS) is 14.8. The highest BCUT2D eigenvalue weighted by atomic mass is 35.5. The number of hydrogen-bond donors (Lipinski definition) is 1. The van der Waals surface area contributed by atoms with Crippen LogP contribution >= 0.6 is 11.6 Å². The first kappa shape index (κ1) is 16.9. The zero-order valence-corrected chi connectivity index (χ0v) is 14.3. The number of ether oxygens (including phenoxy) is 2. The van der Waals surface area contributed by atoms with Crippen molar-refractivity contribution in [3.05, 3.63) is 22.2 Å². The molecule has 122 valence electrons. The maximum absolute atomic E-state index is 11.2. The van der Waals surface area contributed by atoms with Crippen LogP contribution in [0, 0.1) is 0 Å². The Bertz CT molecular complexity index is 579. The van der Waals surface area contributed by atoms with Gasteiger partial charge in [0.25, 0.3) is 0 Å². The van der Waals surface area contributed by atoms with Crippen LogP contribution in [-0.4, -0.2) is 24.3 Å². The number of aliphatic carboxylic acids is 1. The van der Waals surface area contributed by atoms with E-state index in [1.54, 1.807) is 6.07 Å². The zero-order valence-electron chi connectivity index (χ0n) is 13.5. The largest absolute Gasteiger partial charge is 0.489 e. The summed E-state index contributed by atoms with van der Waals surface area (Å²) in [6, 6.07) is 1.76. The number of halogens is 1. The summed E-state index contributed by atoms with van der Waals surface area (Å²) in [5.74, 6) is 0.673. The van der Waals surface area contributed by atoms with Gasteiger partial charge in [-0.3, -0.25) is 4.79 Å². The standard InChI is InChI=1S/C17H23ClO4/c1-10(2)14-15(17(3,4)9-13(19)20)11(18)8-12-16(14)22-7-5-6-21-12/h8,10H,5-7,9H2,1-4H3,(H,19,20). The molecule has 1 N–H and O–H groups in total. The van der Waals surface area contributed by atoms with E-state index in [1.807, 2.05) is 13.8 Å². The molecule has 0 amide bonds. The highest BCUT2D eigenvalue weighted by Crippen LogP contribution is 2.48. The minimum Gasteiger partial charge on any atom is -0.489 e. The van der Waals surface area contributed by atoms with Crippen LogP contribution in [0.1, 0.15) is 57.6 Å². The van der Waals surface area contributed by atoms with Crippen molar-refractivity contribution in [2.45, 2.75) is 51.9 Å². The molecule has 0 bridgehead atoms. The molecule has 5 heteroatoms. The molecule has 1 aliphatic rings. The van der Waals surface area contributed by atoms with Crippen molar-refractivity contribution >= 4 is 17.6 Å². The fourth-order valence-electron chi connectivity index (χ4n) is 3.00. The van der Waals surface area contributed by atoms with Gasteiger partial charge in [0.2, 0.25) is 0 Å². The Labute approximate surface area is 136 Å². The molecule has 0 aliphatic carbocycles. The Hall–Kier alpha value is -1.42. The summed E-state index contributed by atoms with van der Waals surface area (Å²) >= 11 is 6.50. The number of carbonyl (C=O) groups is 1. The fourth-order valence-corrected chi connectivity index (χ4v) is 3.46. The number of hydrogen-bond acceptors (Lipinski definition) is 3. The van der Waals surface area contributed by atoms with Crippen molar-refractivity contribution < 1.29 is 19.4 Å². The smallest absolute Gasteiger partial charge is 0.304 e. The molecule has 0 saturated carbocycles. The summed E-state index contributed by atoms with van der Waals surface area (Å²) < 4.78 is 11.6. The van der Waals surface area contributed by atoms with Crippen LogP contribution in [0.15, 0.2) is 6.07 Å². The van der Waals surface area contributed by atoms with Crippen molar-refractivity contribution in [3.8, 4) is 11.5 Å². The van der Waals surface area contributed by atoms with E-state index in [-0.39, 0.29) is 12.3 Å². The Kier molecular flexibility index (Phi) is 4.90. The molecule has 0 aromatic heterocycles. The lowest BCUT2D eigenvalue weighted by Gasteiger charge is -2.30. The van der Waals surface area contributed by atoms with Gasteiger partial charge in [-0.05, 0) is 11.5 Å². The minimum atomic E-state index is -0.845. The molecule has 0 fully saturated rings. The van der Waals surface area contributed by atoms with E-state index in [0.717, 1.165) is 17.5 Å². The second-order valence-electron chi connectivity index (χ2n) is 6.63. The van der Waals surface area contributed by atoms with E-state index in [9.17, 15) is 9.90 Å². The summed E-state index contributed by atoms with van der Waals surface area (Å²) in [4.78, 5) is 11.2. The third-order valence-electron chi connectivity index (χ3n) is 3.87. The van der Waals surface area contributed by atoms with Gasteiger partial charge in [0, 0.05) is 28.5 Å². The SMILES string of the molecule is CC(C)c1c2c(cc(Cl)c1C(C)(C)CC(=O)O)OCCCO2. The predicted molar refractivity (Wildman–Crippen MR) is 86.4 cm³/mol. The van der Waals surface area contributed by atoms with Crippen LogP contribution in [0.5, 0.6) is 11.5 Å². The lowest BCUT2D eigenvalue weighted by molar-refractivity contribution is -0.138. The highest BCUT2D eigenvalue weighted by Gasteiger charge is 2.34. The average Bonchev–Trinajstić information content (AvgIpc) is 2.59. The van der Waals surface area contributed by atoms with Gasteiger partial charge in [-0.25, -0.2) is 0 Å². The summed E-state index contributed by atoms with van der Waals surface area (Å²) in [5.41, 5.74) is 1.21. The second kappa shape index (κ2) is 6.37. The van der Waals surface area contributed by atoms with Crippen molar-refractivity contribution in [1.82, 2.24) is 0 Å². The van der Waals surface area contributed by atoms with Crippen LogP contribution in [0.4, 0.5) is 0 Å². The molecular weight excluding hydrogens is 304 g/mol. The fraction of sp³-hybridized carbons (Fsp3) is 0.588. The lowest BCUT2D eigenvalue weighted by atomic mass is 9.76. The van der Waals surface area contributed by atoms with Crippen molar-refractivity contribution in [2.24, 2.45) is 0 Å². The second-order valence-corrected chi connectivity index (χ2v) is 7.04. The summed E-state index contributed by atoms with van der Waals surface area (Å²) in [6.45, 7) is 9.10. The molecular formula is C17H23ClO4. The Morgan fingerprint density at radius 2 is 2.00 bits per heavy atom. The summed E-state index contributed by atoms with van der Waals surface area (Å²) in [7, 11) is 0. The maximum Gasteiger partial charge on any atom is 0.304 e. The third-order valence-corrected chi connectivity index (χ3v) is 4.17. The van der Waals surface area contributed by atoms with Crippen molar-refractivity contribution in [2.75, 3.05) is 13.2 Å². The molecule has 0 spiro atoms. The van der Waals surface area contributed by atoms with Crippen LogP contribution < -0.4 is 9.47 Å². The van der Waals surface area contributed by atoms with E-state index in [2.05, 4.69) is 13.8 Å². The summed E-state index contributed by atoms with van der Waals surface area (Å²) in [5, 5.41) is 9.76. The minimum absolute atomic E-state index is 0.00604. The molecule has 0 unspecified atom stereocenters. The molecule has 0 radical (unpaired) electrons. The van der Waals surface area contributed by atoms with E-state index >= 15 is 0 Å². The highest BCUT2D eigenvalue weighted by molar-refractivity contribution is 6.32. The molecule has 2 rings (SSSR count). The molecule has 1 aromatic carbocycles. The molecule has 1 aromatic rings. The van der Waals surface area contributed by atoms with Crippen LogP contribution in [0.2, 0.25) is 5.02 Å². The number of carboxylic acids is 1. The molecule has 0 saturated heterocycles. The van der Waals surface area contributed by atoms with Gasteiger partial charge in [-0.1, -0.05) is 39.3 Å². The van der Waals surface area contributed by atoms with Gasteiger partial charge in [0.1, 0.15) is 0 Å². The van der Waals surface area contributed by atoms with Crippen molar-refractivity contribution in [3.63, 3.8) is 0 Å². The first-order valence-corrected chi connectivity index (χ1v) is 7.96. The van der Waals surface area contributed by atoms with E-state index in [0.29, 0.717) is 29.7 Å². The van der Waals surface area contributed by atoms with Crippen LogP contribution in [-0.2, 0) is 10.2 Å². The lowest BCUT2D eigenvalue weighted by Crippen LogP contribution is -2.25. The van der Waals surface area contributed by atoms with E-state index in [4.69, 9.17) is 21.1 Å². The van der Waals surface area contributed by atoms with Gasteiger partial charge in [-0.15, -0.1) is 0 Å². The van der Waals surface area contributed by atoms with Gasteiger partial charge >= 0.3 is 5.97 Å². The number of benzene rings is 1. The Morgan fingerprint density at radius 1 is 1.36 bits per heavy atom.